The third-order valence-corrected chi connectivity index (χ3v) is 10.5. The number of ether oxygens (including phenoxy) is 1. The lowest BCUT2D eigenvalue weighted by Crippen LogP contribution is -2.44. The molecule has 49 heavy (non-hydrogen) atoms. The van der Waals surface area contributed by atoms with Gasteiger partial charge >= 0.3 is 6.09 Å². The number of hydrogen-bond acceptors (Lipinski definition) is 9. The van der Waals surface area contributed by atoms with Crippen LogP contribution in [0.3, 0.4) is 0 Å². The molecule has 1 aromatic heterocycles. The molecular weight excluding hydrogens is 701 g/mol. The quantitative estimate of drug-likeness (QED) is 0.0855. The second-order valence-electron chi connectivity index (χ2n) is 13.1. The molecule has 2 atom stereocenters. The van der Waals surface area contributed by atoms with Gasteiger partial charge < -0.3 is 20.2 Å². The molecule has 13 heteroatoms. The first kappa shape index (κ1) is 39.0. The number of hydrogen-bond donors (Lipinski definition) is 3. The van der Waals surface area contributed by atoms with Gasteiger partial charge in [-0.1, -0.05) is 66.2 Å². The van der Waals surface area contributed by atoms with E-state index >= 15 is 0 Å². The molecule has 9 nitrogen and oxygen atoms in total. The van der Waals surface area contributed by atoms with E-state index in [9.17, 15) is 9.59 Å². The number of thiazole rings is 1. The number of nitrogens with one attached hydrogen (secondary N) is 3. The number of carbonyl (C=O) groups excluding carboxylic acids is 2. The summed E-state index contributed by atoms with van der Waals surface area (Å²) in [6.07, 6.45) is 3.99. The minimum absolute atomic E-state index is 0.0266. The highest BCUT2D eigenvalue weighted by Crippen LogP contribution is 2.30. The van der Waals surface area contributed by atoms with Crippen LogP contribution in [0.2, 0.25) is 10.0 Å². The summed E-state index contributed by atoms with van der Waals surface area (Å²) in [5, 5.41) is 9.19. The smallest absolute Gasteiger partial charge is 0.408 e. The maximum Gasteiger partial charge on any atom is 0.408 e. The van der Waals surface area contributed by atoms with Gasteiger partial charge in [0.2, 0.25) is 5.91 Å². The number of piperidine rings is 1. The van der Waals surface area contributed by atoms with Gasteiger partial charge in [0.05, 0.1) is 33.6 Å². The number of hydroxylamine groups is 1. The molecule has 1 unspecified atom stereocenters. The zero-order valence-electron chi connectivity index (χ0n) is 29.0. The molecule has 1 aliphatic heterocycles. The van der Waals surface area contributed by atoms with E-state index in [2.05, 4.69) is 27.1 Å². The fourth-order valence-electron chi connectivity index (χ4n) is 5.24. The second kappa shape index (κ2) is 18.4. The van der Waals surface area contributed by atoms with Gasteiger partial charge in [0.25, 0.3) is 0 Å². The van der Waals surface area contributed by atoms with E-state index in [4.69, 9.17) is 37.8 Å². The Hall–Kier alpha value is -2.80. The van der Waals surface area contributed by atoms with E-state index < -0.39 is 11.7 Å². The van der Waals surface area contributed by atoms with Crippen molar-refractivity contribution >= 4 is 58.3 Å². The van der Waals surface area contributed by atoms with Crippen molar-refractivity contribution in [2.75, 3.05) is 18.8 Å². The number of likely N-dealkylation sites (tertiary alicyclic amines) is 1. The van der Waals surface area contributed by atoms with Gasteiger partial charge in [0, 0.05) is 36.6 Å². The molecule has 0 bridgehead atoms. The number of aromatic nitrogens is 1. The monoisotopic (exact) mass is 747 g/mol. The number of amides is 2. The highest BCUT2D eigenvalue weighted by molar-refractivity contribution is 8.01. The molecule has 3 aromatic rings. The van der Waals surface area contributed by atoms with E-state index in [0.29, 0.717) is 21.6 Å². The number of thioether (sulfide) groups is 1. The average molecular weight is 749 g/mol. The highest BCUT2D eigenvalue weighted by Gasteiger charge is 2.22. The van der Waals surface area contributed by atoms with E-state index in [1.54, 1.807) is 0 Å². The van der Waals surface area contributed by atoms with Crippen LogP contribution >= 0.6 is 46.3 Å². The molecule has 2 amide bonds. The van der Waals surface area contributed by atoms with Crippen LogP contribution in [-0.4, -0.2) is 58.4 Å². The minimum atomic E-state index is -0.586. The van der Waals surface area contributed by atoms with E-state index in [-0.39, 0.29) is 24.0 Å². The van der Waals surface area contributed by atoms with E-state index in [1.165, 1.54) is 23.1 Å². The van der Waals surface area contributed by atoms with Gasteiger partial charge in [-0.05, 0) is 89.3 Å². The molecule has 0 spiro atoms. The number of carbonyl (C=O) groups is 2. The van der Waals surface area contributed by atoms with Crippen LogP contribution < -0.4 is 16.1 Å². The Morgan fingerprint density at radius 2 is 1.88 bits per heavy atom. The second-order valence-corrected chi connectivity index (χ2v) is 16.0. The fraction of sp³-hybridized carbons (Fsp3) is 0.472. The molecule has 2 heterocycles. The standard InChI is InChI=1S/C36H47Cl2N5O4S2/c1-7-9-32(24(3)39-34(45)46-36(4,5)6)47-42-23(2)26-10-8-11-27(19-26)31-21-48-35(41-31)49-22-33(44)40-28-14-16-43(17-15-28)20-25-12-13-29(37)30(38)18-25/h8-13,18-19,21,23-24,28,42H,7,14-17,20,22H2,1-6H3,(H,39,45)(H,40,44)/b32-9-/t23?,24-/m0/s1. The van der Waals surface area contributed by atoms with Crippen LogP contribution in [0.25, 0.3) is 11.3 Å². The van der Waals surface area contributed by atoms with Gasteiger partial charge in [-0.15, -0.1) is 16.8 Å². The molecule has 2 aromatic carbocycles. The lowest BCUT2D eigenvalue weighted by Gasteiger charge is -2.32. The SMILES string of the molecule is CC/C=C(\ONC(C)c1cccc(-c2csc(SCC(=O)NC3CCN(Cc4ccc(Cl)c(Cl)c4)CC3)n2)c1)[C@H](C)NC(=O)OC(C)(C)C. The van der Waals surface area contributed by atoms with Crippen LogP contribution in [0.15, 0.2) is 64.0 Å². The topological polar surface area (TPSA) is 105 Å². The lowest BCUT2D eigenvalue weighted by molar-refractivity contribution is -0.119. The zero-order valence-corrected chi connectivity index (χ0v) is 32.1. The molecule has 1 saturated heterocycles. The van der Waals surface area contributed by atoms with Crippen molar-refractivity contribution in [2.45, 2.75) is 95.4 Å². The number of nitrogens with zero attached hydrogens (tertiary/aromatic N) is 2. The normalized spacial score (nSPS) is 15.8. The van der Waals surface area contributed by atoms with Crippen molar-refractivity contribution in [3.8, 4) is 11.3 Å². The molecule has 0 radical (unpaired) electrons. The van der Waals surface area contributed by atoms with Gasteiger partial charge in [-0.3, -0.25) is 9.69 Å². The van der Waals surface area contributed by atoms with Gasteiger partial charge in [0.15, 0.2) is 4.34 Å². The van der Waals surface area contributed by atoms with Crippen molar-refractivity contribution in [3.05, 3.63) is 80.9 Å². The first-order valence-corrected chi connectivity index (χ1v) is 19.2. The summed E-state index contributed by atoms with van der Waals surface area (Å²) in [4.78, 5) is 38.2. The molecule has 1 fully saturated rings. The van der Waals surface area contributed by atoms with Crippen LogP contribution in [0, 0.1) is 0 Å². The van der Waals surface area contributed by atoms with Crippen molar-refractivity contribution < 1.29 is 19.2 Å². The van der Waals surface area contributed by atoms with Gasteiger partial charge in [-0.25, -0.2) is 9.78 Å². The highest BCUT2D eigenvalue weighted by atomic mass is 35.5. The lowest BCUT2D eigenvalue weighted by atomic mass is 10.0. The van der Waals surface area contributed by atoms with Crippen LogP contribution in [-0.2, 0) is 20.9 Å². The zero-order chi connectivity index (χ0) is 35.6. The first-order chi connectivity index (χ1) is 23.3. The first-order valence-electron chi connectivity index (χ1n) is 16.6. The van der Waals surface area contributed by atoms with Crippen LogP contribution in [0.1, 0.15) is 78.0 Å². The fourth-order valence-corrected chi connectivity index (χ4v) is 7.21. The summed E-state index contributed by atoms with van der Waals surface area (Å²) in [6.45, 7) is 14.0. The minimum Gasteiger partial charge on any atom is -0.444 e. The Balaban J connectivity index is 1.22. The summed E-state index contributed by atoms with van der Waals surface area (Å²) in [7, 11) is 0. The molecule has 3 N–H and O–H groups in total. The van der Waals surface area contributed by atoms with Gasteiger partial charge in [0.1, 0.15) is 11.4 Å². The Bertz CT molecular complexity index is 1590. The Morgan fingerprint density at radius 1 is 1.12 bits per heavy atom. The number of allylic oxidation sites excluding steroid dienone is 1. The van der Waals surface area contributed by atoms with Crippen LogP contribution in [0.5, 0.6) is 0 Å². The largest absolute Gasteiger partial charge is 0.444 e. The molecule has 1 aliphatic rings. The van der Waals surface area contributed by atoms with Crippen molar-refractivity contribution in [3.63, 3.8) is 0 Å². The van der Waals surface area contributed by atoms with Crippen molar-refractivity contribution in [1.82, 2.24) is 26.0 Å². The third kappa shape index (κ3) is 12.8. The summed E-state index contributed by atoms with van der Waals surface area (Å²) >= 11 is 15.2. The molecule has 0 aliphatic carbocycles. The predicted molar refractivity (Wildman–Crippen MR) is 201 cm³/mol. The van der Waals surface area contributed by atoms with Crippen LogP contribution in [0.4, 0.5) is 4.79 Å². The Kier molecular flexibility index (Phi) is 14.7. The number of halogens is 2. The maximum atomic E-state index is 12.8. The molecule has 0 saturated carbocycles. The van der Waals surface area contributed by atoms with Gasteiger partial charge in [-0.2, -0.15) is 0 Å². The molecule has 266 valence electrons. The molecule has 4 rings (SSSR count). The van der Waals surface area contributed by atoms with Crippen molar-refractivity contribution in [2.24, 2.45) is 0 Å². The summed E-state index contributed by atoms with van der Waals surface area (Å²) in [6, 6.07) is 13.5. The molecular formula is C36H47Cl2N5O4S2. The van der Waals surface area contributed by atoms with E-state index in [1.807, 2.05) is 89.4 Å². The number of rotatable bonds is 14. The predicted octanol–water partition coefficient (Wildman–Crippen LogP) is 8.78. The number of alkyl carbamates (subject to hydrolysis) is 1. The Labute approximate surface area is 308 Å². The third-order valence-electron chi connectivity index (χ3n) is 7.75. The number of benzene rings is 2. The maximum absolute atomic E-state index is 12.8. The van der Waals surface area contributed by atoms with E-state index in [0.717, 1.165) is 65.6 Å². The Morgan fingerprint density at radius 3 is 2.57 bits per heavy atom. The summed E-state index contributed by atoms with van der Waals surface area (Å²) in [5.41, 5.74) is 6.53. The van der Waals surface area contributed by atoms with Crippen molar-refractivity contribution in [1.29, 1.82) is 0 Å². The summed E-state index contributed by atoms with van der Waals surface area (Å²) < 4.78 is 6.23. The average Bonchev–Trinajstić information content (AvgIpc) is 3.53. The summed E-state index contributed by atoms with van der Waals surface area (Å²) in [5.74, 6) is 0.953.